The summed E-state index contributed by atoms with van der Waals surface area (Å²) in [7, 11) is 0. The molecular formula is C19H26F2N2O. The van der Waals surface area contributed by atoms with Crippen LogP contribution in [0.15, 0.2) is 18.2 Å². The third-order valence-corrected chi connectivity index (χ3v) is 5.84. The van der Waals surface area contributed by atoms with Gasteiger partial charge in [-0.25, -0.2) is 8.78 Å². The molecular weight excluding hydrogens is 310 g/mol. The number of carbonyl (C=O) groups excluding carboxylic acids is 1. The van der Waals surface area contributed by atoms with Crippen LogP contribution in [0, 0.1) is 17.6 Å². The maximum atomic E-state index is 14.3. The maximum absolute atomic E-state index is 14.3. The van der Waals surface area contributed by atoms with E-state index in [0.29, 0.717) is 25.8 Å². The van der Waals surface area contributed by atoms with Crippen molar-refractivity contribution in [3.63, 3.8) is 0 Å². The van der Waals surface area contributed by atoms with Crippen molar-refractivity contribution in [1.29, 1.82) is 0 Å². The van der Waals surface area contributed by atoms with Crippen molar-refractivity contribution in [2.75, 3.05) is 6.54 Å². The molecule has 0 aliphatic heterocycles. The predicted molar refractivity (Wildman–Crippen MR) is 89.4 cm³/mol. The molecule has 2 atom stereocenters. The van der Waals surface area contributed by atoms with Gasteiger partial charge in [0, 0.05) is 30.0 Å². The van der Waals surface area contributed by atoms with Crippen molar-refractivity contribution in [3.8, 4) is 0 Å². The molecule has 132 valence electrons. The van der Waals surface area contributed by atoms with E-state index in [1.54, 1.807) is 0 Å². The van der Waals surface area contributed by atoms with Gasteiger partial charge in [-0.1, -0.05) is 25.3 Å². The van der Waals surface area contributed by atoms with Gasteiger partial charge < -0.3 is 11.1 Å². The molecule has 0 saturated heterocycles. The average Bonchev–Trinajstić information content (AvgIpc) is 3.16. The number of nitrogens with one attached hydrogen (secondary N) is 1. The van der Waals surface area contributed by atoms with Gasteiger partial charge in [0.25, 0.3) is 0 Å². The first-order valence-corrected chi connectivity index (χ1v) is 8.99. The molecule has 1 aromatic carbocycles. The average molecular weight is 336 g/mol. The number of amides is 1. The van der Waals surface area contributed by atoms with E-state index in [9.17, 15) is 13.6 Å². The molecule has 2 fully saturated rings. The summed E-state index contributed by atoms with van der Waals surface area (Å²) < 4.78 is 28.6. The first kappa shape index (κ1) is 17.3. The molecule has 5 heteroatoms. The molecule has 3 nitrogen and oxygen atoms in total. The van der Waals surface area contributed by atoms with Crippen molar-refractivity contribution >= 4 is 5.91 Å². The molecule has 2 aliphatic rings. The second-order valence-electron chi connectivity index (χ2n) is 7.42. The number of hydrogen-bond acceptors (Lipinski definition) is 2. The second-order valence-corrected chi connectivity index (χ2v) is 7.42. The summed E-state index contributed by atoms with van der Waals surface area (Å²) >= 11 is 0. The predicted octanol–water partition coefficient (Wildman–Crippen LogP) is 3.41. The highest BCUT2D eigenvalue weighted by Gasteiger charge is 2.40. The Morgan fingerprint density at radius 3 is 2.42 bits per heavy atom. The van der Waals surface area contributed by atoms with E-state index in [1.165, 1.54) is 18.2 Å². The van der Waals surface area contributed by atoms with Gasteiger partial charge >= 0.3 is 0 Å². The lowest BCUT2D eigenvalue weighted by atomic mass is 9.78. The van der Waals surface area contributed by atoms with Crippen molar-refractivity contribution in [3.05, 3.63) is 35.4 Å². The number of halogens is 2. The zero-order valence-corrected chi connectivity index (χ0v) is 14.0. The lowest BCUT2D eigenvalue weighted by Crippen LogP contribution is -2.41. The van der Waals surface area contributed by atoms with Crippen LogP contribution in [-0.2, 0) is 10.2 Å². The minimum absolute atomic E-state index is 0.0552. The molecule has 2 aliphatic carbocycles. The molecule has 0 aromatic heterocycles. The first-order chi connectivity index (χ1) is 11.5. The SMILES string of the molecule is N[C@@H]1CCC[C@H]1CC(=O)NCC1(c2c(F)cccc2F)CCCC1. The number of carbonyl (C=O) groups is 1. The summed E-state index contributed by atoms with van der Waals surface area (Å²) in [5, 5.41) is 2.94. The van der Waals surface area contributed by atoms with Crippen LogP contribution in [0.4, 0.5) is 8.78 Å². The molecule has 0 heterocycles. The van der Waals surface area contributed by atoms with Crippen molar-refractivity contribution in [2.24, 2.45) is 11.7 Å². The maximum Gasteiger partial charge on any atom is 0.220 e. The van der Waals surface area contributed by atoms with E-state index in [4.69, 9.17) is 5.73 Å². The lowest BCUT2D eigenvalue weighted by Gasteiger charge is -2.31. The van der Waals surface area contributed by atoms with Gasteiger partial charge in [0.15, 0.2) is 0 Å². The fraction of sp³-hybridized carbons (Fsp3) is 0.632. The van der Waals surface area contributed by atoms with Crippen LogP contribution < -0.4 is 11.1 Å². The van der Waals surface area contributed by atoms with Gasteiger partial charge in [-0.3, -0.25) is 4.79 Å². The Hall–Kier alpha value is -1.49. The van der Waals surface area contributed by atoms with Crippen molar-refractivity contribution in [2.45, 2.75) is 62.8 Å². The Balaban J connectivity index is 1.69. The monoisotopic (exact) mass is 336 g/mol. The van der Waals surface area contributed by atoms with Crippen molar-refractivity contribution in [1.82, 2.24) is 5.32 Å². The molecule has 3 N–H and O–H groups in total. The van der Waals surface area contributed by atoms with Crippen molar-refractivity contribution < 1.29 is 13.6 Å². The van der Waals surface area contributed by atoms with Gasteiger partial charge in [-0.05, 0) is 43.7 Å². The zero-order chi connectivity index (χ0) is 17.2. The number of hydrogen-bond donors (Lipinski definition) is 2. The molecule has 1 amide bonds. The highest BCUT2D eigenvalue weighted by molar-refractivity contribution is 5.76. The topological polar surface area (TPSA) is 55.1 Å². The Bertz CT molecular complexity index is 579. The molecule has 0 unspecified atom stereocenters. The first-order valence-electron chi connectivity index (χ1n) is 8.99. The Labute approximate surface area is 142 Å². The van der Waals surface area contributed by atoms with Crippen LogP contribution in [0.3, 0.4) is 0 Å². The van der Waals surface area contributed by atoms with Gasteiger partial charge in [0.1, 0.15) is 11.6 Å². The van der Waals surface area contributed by atoms with Crippen LogP contribution in [0.25, 0.3) is 0 Å². The summed E-state index contributed by atoms with van der Waals surface area (Å²) in [5.41, 5.74) is 5.54. The van der Waals surface area contributed by atoms with E-state index in [0.717, 1.165) is 32.1 Å². The van der Waals surface area contributed by atoms with E-state index in [2.05, 4.69) is 5.32 Å². The normalized spacial score (nSPS) is 25.8. The van der Waals surface area contributed by atoms with Gasteiger partial charge in [0.05, 0.1) is 0 Å². The summed E-state index contributed by atoms with van der Waals surface area (Å²) in [6.07, 6.45) is 6.71. The number of nitrogens with two attached hydrogens (primary N) is 1. The highest BCUT2D eigenvalue weighted by atomic mass is 19.1. The summed E-state index contributed by atoms with van der Waals surface area (Å²) in [5.74, 6) is -0.844. The van der Waals surface area contributed by atoms with Crippen LogP contribution in [-0.4, -0.2) is 18.5 Å². The summed E-state index contributed by atoms with van der Waals surface area (Å²) in [6, 6.07) is 4.09. The third-order valence-electron chi connectivity index (χ3n) is 5.84. The van der Waals surface area contributed by atoms with Crippen LogP contribution >= 0.6 is 0 Å². The molecule has 1 aromatic rings. The molecule has 0 radical (unpaired) electrons. The lowest BCUT2D eigenvalue weighted by molar-refractivity contribution is -0.122. The molecule has 0 spiro atoms. The summed E-state index contributed by atoms with van der Waals surface area (Å²) in [4.78, 5) is 12.3. The smallest absolute Gasteiger partial charge is 0.220 e. The van der Waals surface area contributed by atoms with Crippen LogP contribution in [0.2, 0.25) is 0 Å². The van der Waals surface area contributed by atoms with Gasteiger partial charge in [-0.2, -0.15) is 0 Å². The second kappa shape index (κ2) is 7.18. The fourth-order valence-electron chi connectivity index (χ4n) is 4.47. The Kier molecular flexibility index (Phi) is 5.18. The molecule has 2 saturated carbocycles. The zero-order valence-electron chi connectivity index (χ0n) is 14.0. The van der Waals surface area contributed by atoms with E-state index >= 15 is 0 Å². The quantitative estimate of drug-likeness (QED) is 0.866. The number of rotatable bonds is 5. The molecule has 24 heavy (non-hydrogen) atoms. The van der Waals surface area contributed by atoms with E-state index in [-0.39, 0.29) is 23.4 Å². The standard InChI is InChI=1S/C19H26F2N2O/c20-14-6-4-7-15(21)18(14)19(9-1-2-10-19)12-23-17(24)11-13-5-3-8-16(13)22/h4,6-7,13,16H,1-3,5,8-12,22H2,(H,23,24)/t13-,16+/m0/s1. The van der Waals surface area contributed by atoms with Gasteiger partial charge in [0.2, 0.25) is 5.91 Å². The van der Waals surface area contributed by atoms with Gasteiger partial charge in [-0.15, -0.1) is 0 Å². The largest absolute Gasteiger partial charge is 0.355 e. The molecule has 3 rings (SSSR count). The molecule has 0 bridgehead atoms. The minimum atomic E-state index is -0.622. The number of benzene rings is 1. The fourth-order valence-corrected chi connectivity index (χ4v) is 4.47. The summed E-state index contributed by atoms with van der Waals surface area (Å²) in [6.45, 7) is 0.297. The van der Waals surface area contributed by atoms with Crippen LogP contribution in [0.5, 0.6) is 0 Å². The Morgan fingerprint density at radius 2 is 1.83 bits per heavy atom. The highest BCUT2D eigenvalue weighted by Crippen LogP contribution is 2.42. The van der Waals surface area contributed by atoms with E-state index < -0.39 is 17.0 Å². The third kappa shape index (κ3) is 3.46. The minimum Gasteiger partial charge on any atom is -0.355 e. The van der Waals surface area contributed by atoms with E-state index in [1.807, 2.05) is 0 Å². The van der Waals surface area contributed by atoms with Crippen LogP contribution in [0.1, 0.15) is 56.9 Å². The Morgan fingerprint density at radius 1 is 1.17 bits per heavy atom.